The van der Waals surface area contributed by atoms with Gasteiger partial charge in [0.25, 0.3) is 0 Å². The molecule has 1 aliphatic carbocycles. The van der Waals surface area contributed by atoms with Gasteiger partial charge in [-0.05, 0) is 12.8 Å². The van der Waals surface area contributed by atoms with Gasteiger partial charge < -0.3 is 11.1 Å². The highest BCUT2D eigenvalue weighted by atomic mass is 16.1. The summed E-state index contributed by atoms with van der Waals surface area (Å²) in [6.07, 6.45) is 5.50. The molecular formula is C8H12N4O. The van der Waals surface area contributed by atoms with E-state index < -0.39 is 0 Å². The van der Waals surface area contributed by atoms with Gasteiger partial charge in [-0.25, -0.2) is 0 Å². The summed E-state index contributed by atoms with van der Waals surface area (Å²) in [4.78, 5) is 11.3. The average Bonchev–Trinajstić information content (AvgIpc) is 2.61. The van der Waals surface area contributed by atoms with Crippen molar-refractivity contribution < 1.29 is 4.79 Å². The van der Waals surface area contributed by atoms with Crippen molar-refractivity contribution in [3.8, 4) is 0 Å². The molecule has 1 aromatic rings. The fraction of sp³-hybridized carbons (Fsp3) is 0.500. The lowest BCUT2D eigenvalue weighted by Gasteiger charge is -2.07. The molecule has 2 rings (SSSR count). The number of amides is 1. The summed E-state index contributed by atoms with van der Waals surface area (Å²) >= 11 is 0. The largest absolute Gasteiger partial charge is 0.325 e. The SMILES string of the molecule is NC1(CC(=O)Nc2cn[nH]c2)CC1. The van der Waals surface area contributed by atoms with Crippen LogP contribution in [0.25, 0.3) is 0 Å². The second kappa shape index (κ2) is 2.85. The first-order chi connectivity index (χ1) is 6.18. The fourth-order valence-corrected chi connectivity index (χ4v) is 1.18. The Morgan fingerprint density at radius 2 is 2.54 bits per heavy atom. The zero-order chi connectivity index (χ0) is 9.31. The molecule has 0 aliphatic heterocycles. The third-order valence-corrected chi connectivity index (χ3v) is 2.19. The molecule has 1 fully saturated rings. The standard InChI is InChI=1S/C8H12N4O/c9-8(1-2-8)3-7(13)12-6-4-10-11-5-6/h4-5H,1-3,9H2,(H,10,11)(H,12,13). The van der Waals surface area contributed by atoms with Gasteiger partial charge in [0.05, 0.1) is 11.9 Å². The lowest BCUT2D eigenvalue weighted by Crippen LogP contribution is -2.28. The number of hydrogen-bond donors (Lipinski definition) is 3. The molecule has 1 heterocycles. The number of nitrogens with zero attached hydrogens (tertiary/aromatic N) is 1. The highest BCUT2D eigenvalue weighted by Crippen LogP contribution is 2.35. The Bertz CT molecular complexity index is 302. The summed E-state index contributed by atoms with van der Waals surface area (Å²) in [5.74, 6) is -0.0404. The van der Waals surface area contributed by atoms with Crippen molar-refractivity contribution in [2.24, 2.45) is 5.73 Å². The normalized spacial score (nSPS) is 18.2. The third-order valence-electron chi connectivity index (χ3n) is 2.19. The molecule has 0 atom stereocenters. The van der Waals surface area contributed by atoms with Crippen LogP contribution in [0, 0.1) is 0 Å². The molecule has 1 aromatic heterocycles. The average molecular weight is 180 g/mol. The summed E-state index contributed by atoms with van der Waals surface area (Å²) < 4.78 is 0. The molecule has 70 valence electrons. The van der Waals surface area contributed by atoms with E-state index in [1.165, 1.54) is 0 Å². The lowest BCUT2D eigenvalue weighted by molar-refractivity contribution is -0.116. The minimum atomic E-state index is -0.228. The van der Waals surface area contributed by atoms with Crippen LogP contribution in [-0.2, 0) is 4.79 Å². The van der Waals surface area contributed by atoms with Gasteiger partial charge in [0.2, 0.25) is 5.91 Å². The first kappa shape index (κ1) is 8.25. The van der Waals surface area contributed by atoms with E-state index in [4.69, 9.17) is 5.73 Å². The van der Waals surface area contributed by atoms with E-state index in [2.05, 4.69) is 15.5 Å². The van der Waals surface area contributed by atoms with E-state index in [0.29, 0.717) is 12.1 Å². The number of anilines is 1. The molecule has 0 bridgehead atoms. The Hall–Kier alpha value is -1.36. The predicted molar refractivity (Wildman–Crippen MR) is 48.0 cm³/mol. The van der Waals surface area contributed by atoms with Crippen LogP contribution in [0.3, 0.4) is 0 Å². The van der Waals surface area contributed by atoms with Crippen molar-refractivity contribution in [3.05, 3.63) is 12.4 Å². The summed E-state index contributed by atoms with van der Waals surface area (Å²) in [6.45, 7) is 0. The Labute approximate surface area is 75.7 Å². The van der Waals surface area contributed by atoms with Crippen LogP contribution < -0.4 is 11.1 Å². The predicted octanol–water partition coefficient (Wildman–Crippen LogP) is 0.230. The molecule has 5 nitrogen and oxygen atoms in total. The number of aromatic amines is 1. The first-order valence-electron chi connectivity index (χ1n) is 4.25. The van der Waals surface area contributed by atoms with Gasteiger partial charge in [-0.3, -0.25) is 9.89 Å². The van der Waals surface area contributed by atoms with Crippen molar-refractivity contribution in [3.63, 3.8) is 0 Å². The maximum absolute atomic E-state index is 11.3. The van der Waals surface area contributed by atoms with Crippen LogP contribution in [0.5, 0.6) is 0 Å². The van der Waals surface area contributed by atoms with Gasteiger partial charge >= 0.3 is 0 Å². The Morgan fingerprint density at radius 3 is 3.08 bits per heavy atom. The maximum Gasteiger partial charge on any atom is 0.226 e. The highest BCUT2D eigenvalue weighted by molar-refractivity contribution is 5.91. The van der Waals surface area contributed by atoms with E-state index in [1.54, 1.807) is 12.4 Å². The molecule has 5 heteroatoms. The number of nitrogens with two attached hydrogens (primary N) is 1. The number of aromatic nitrogens is 2. The maximum atomic E-state index is 11.3. The molecule has 0 unspecified atom stereocenters. The van der Waals surface area contributed by atoms with Gasteiger partial charge in [0.1, 0.15) is 0 Å². The summed E-state index contributed by atoms with van der Waals surface area (Å²) in [6, 6.07) is 0. The van der Waals surface area contributed by atoms with Gasteiger partial charge in [-0.1, -0.05) is 0 Å². The molecule has 0 radical (unpaired) electrons. The molecule has 1 amide bonds. The second-order valence-electron chi connectivity index (χ2n) is 3.57. The smallest absolute Gasteiger partial charge is 0.226 e. The van der Waals surface area contributed by atoms with Crippen LogP contribution in [-0.4, -0.2) is 21.6 Å². The zero-order valence-corrected chi connectivity index (χ0v) is 7.21. The minimum Gasteiger partial charge on any atom is -0.325 e. The van der Waals surface area contributed by atoms with Gasteiger partial charge in [-0.15, -0.1) is 0 Å². The summed E-state index contributed by atoms with van der Waals surface area (Å²) in [7, 11) is 0. The zero-order valence-electron chi connectivity index (χ0n) is 7.21. The second-order valence-corrected chi connectivity index (χ2v) is 3.57. The van der Waals surface area contributed by atoms with Gasteiger partial charge in [-0.2, -0.15) is 5.10 Å². The Balaban J connectivity index is 1.85. The van der Waals surface area contributed by atoms with Crippen LogP contribution in [0.1, 0.15) is 19.3 Å². The number of H-pyrrole nitrogens is 1. The van der Waals surface area contributed by atoms with Crippen molar-refractivity contribution in [1.29, 1.82) is 0 Å². The van der Waals surface area contributed by atoms with E-state index >= 15 is 0 Å². The molecule has 4 N–H and O–H groups in total. The van der Waals surface area contributed by atoms with Crippen molar-refractivity contribution in [2.75, 3.05) is 5.32 Å². The molecule has 13 heavy (non-hydrogen) atoms. The number of rotatable bonds is 3. The molecule has 0 spiro atoms. The van der Waals surface area contributed by atoms with Gasteiger partial charge in [0.15, 0.2) is 0 Å². The Morgan fingerprint density at radius 1 is 1.77 bits per heavy atom. The van der Waals surface area contributed by atoms with E-state index in [1.807, 2.05) is 0 Å². The third kappa shape index (κ3) is 2.06. The topological polar surface area (TPSA) is 83.8 Å². The molecule has 0 saturated heterocycles. The number of carbonyl (C=O) groups excluding carboxylic acids is 1. The molecule has 1 saturated carbocycles. The van der Waals surface area contributed by atoms with E-state index in [0.717, 1.165) is 12.8 Å². The molecule has 0 aromatic carbocycles. The van der Waals surface area contributed by atoms with Gasteiger partial charge in [0, 0.05) is 18.2 Å². The lowest BCUT2D eigenvalue weighted by atomic mass is 10.2. The summed E-state index contributed by atoms with van der Waals surface area (Å²) in [5.41, 5.74) is 6.25. The van der Waals surface area contributed by atoms with Crippen molar-refractivity contribution in [2.45, 2.75) is 24.8 Å². The van der Waals surface area contributed by atoms with E-state index in [-0.39, 0.29) is 11.4 Å². The summed E-state index contributed by atoms with van der Waals surface area (Å²) in [5, 5.41) is 9.04. The van der Waals surface area contributed by atoms with Crippen molar-refractivity contribution in [1.82, 2.24) is 10.2 Å². The number of hydrogen-bond acceptors (Lipinski definition) is 3. The monoisotopic (exact) mass is 180 g/mol. The highest BCUT2D eigenvalue weighted by Gasteiger charge is 2.40. The van der Waals surface area contributed by atoms with Crippen LogP contribution in [0.15, 0.2) is 12.4 Å². The Kier molecular flexibility index (Phi) is 1.81. The number of carbonyl (C=O) groups is 1. The molecule has 1 aliphatic rings. The van der Waals surface area contributed by atoms with Crippen LogP contribution in [0.2, 0.25) is 0 Å². The first-order valence-corrected chi connectivity index (χ1v) is 4.25. The quantitative estimate of drug-likeness (QED) is 0.622. The fourth-order valence-electron chi connectivity index (χ4n) is 1.18. The van der Waals surface area contributed by atoms with Crippen LogP contribution in [0.4, 0.5) is 5.69 Å². The molecular weight excluding hydrogens is 168 g/mol. The van der Waals surface area contributed by atoms with Crippen LogP contribution >= 0.6 is 0 Å². The number of nitrogens with one attached hydrogen (secondary N) is 2. The minimum absolute atomic E-state index is 0.0404. The van der Waals surface area contributed by atoms with E-state index in [9.17, 15) is 4.79 Å². The van der Waals surface area contributed by atoms with Crippen molar-refractivity contribution >= 4 is 11.6 Å².